The monoisotopic (exact) mass is 382 g/mol. The largest absolute Gasteiger partial charge is 0.325 e. The molecule has 4 aromatic rings. The van der Waals surface area contributed by atoms with Crippen molar-refractivity contribution in [3.8, 4) is 22.4 Å². The maximum atomic E-state index is 13.1. The average molecular weight is 383 g/mol. The van der Waals surface area contributed by atoms with Gasteiger partial charge in [-0.25, -0.2) is 0 Å². The van der Waals surface area contributed by atoms with Crippen LogP contribution in [-0.4, -0.2) is 14.8 Å². The first-order valence-corrected chi connectivity index (χ1v) is 10.6. The number of rotatable bonds is 4. The van der Waals surface area contributed by atoms with Gasteiger partial charge in [-0.3, -0.25) is 9.20 Å². The minimum atomic E-state index is 0.207. The molecule has 0 saturated carbocycles. The van der Waals surface area contributed by atoms with Gasteiger partial charge in [0.2, 0.25) is 0 Å². The summed E-state index contributed by atoms with van der Waals surface area (Å²) < 4.78 is 4.62. The summed E-state index contributed by atoms with van der Waals surface area (Å²) >= 11 is 0. The highest BCUT2D eigenvalue weighted by Crippen LogP contribution is 2.39. The number of carbonyl (C=O) groups excluding carboxylic acids is 1. The summed E-state index contributed by atoms with van der Waals surface area (Å²) in [6, 6.07) is 19.1. The quantitative estimate of drug-likeness (QED) is 0.380. The van der Waals surface area contributed by atoms with Crippen LogP contribution in [0.25, 0.3) is 28.0 Å². The number of benzene rings is 2. The lowest BCUT2D eigenvalue weighted by molar-refractivity contribution is 0.0983. The van der Waals surface area contributed by atoms with Crippen molar-refractivity contribution in [1.82, 2.24) is 8.97 Å². The van der Waals surface area contributed by atoms with E-state index in [1.165, 1.54) is 28.0 Å². The third-order valence-corrected chi connectivity index (χ3v) is 6.13. The first-order chi connectivity index (χ1) is 14.2. The van der Waals surface area contributed by atoms with Gasteiger partial charge in [0.15, 0.2) is 5.78 Å². The number of aromatic nitrogens is 2. The Morgan fingerprint density at radius 2 is 1.72 bits per heavy atom. The van der Waals surface area contributed by atoms with Gasteiger partial charge >= 0.3 is 0 Å². The zero-order valence-electron chi connectivity index (χ0n) is 17.1. The van der Waals surface area contributed by atoms with Gasteiger partial charge in [-0.05, 0) is 37.3 Å². The maximum Gasteiger partial charge on any atom is 0.179 e. The van der Waals surface area contributed by atoms with E-state index in [-0.39, 0.29) is 5.78 Å². The highest BCUT2D eigenvalue weighted by Gasteiger charge is 2.28. The molecular formula is C26H26N2O. The molecule has 0 unspecified atom stereocenters. The van der Waals surface area contributed by atoms with Gasteiger partial charge < -0.3 is 4.57 Å². The molecule has 3 heterocycles. The molecule has 29 heavy (non-hydrogen) atoms. The predicted octanol–water partition coefficient (Wildman–Crippen LogP) is 6.31. The number of aryl methyl sites for hydroxylation is 3. The maximum absolute atomic E-state index is 13.1. The fraction of sp³-hybridized carbons (Fsp3) is 0.269. The zero-order valence-corrected chi connectivity index (χ0v) is 17.1. The average Bonchev–Trinajstić information content (AvgIpc) is 3.17. The van der Waals surface area contributed by atoms with Crippen LogP contribution in [0.4, 0.5) is 0 Å². The minimum absolute atomic E-state index is 0.207. The molecule has 0 bridgehead atoms. The van der Waals surface area contributed by atoms with Crippen molar-refractivity contribution in [1.29, 1.82) is 0 Å². The first kappa shape index (κ1) is 18.0. The van der Waals surface area contributed by atoms with E-state index >= 15 is 0 Å². The number of imidazole rings is 1. The third-order valence-electron chi connectivity index (χ3n) is 6.13. The molecule has 0 atom stereocenters. The SMILES string of the molecule is CCC(=O)c1c(-c2ccccc2)c2c3n(c(-c4ccc(C)cc4)cn13)CCCC2. The highest BCUT2D eigenvalue weighted by molar-refractivity contribution is 6.04. The lowest BCUT2D eigenvalue weighted by Crippen LogP contribution is -2.03. The molecule has 3 nitrogen and oxygen atoms in total. The van der Waals surface area contributed by atoms with E-state index in [1.54, 1.807) is 0 Å². The smallest absolute Gasteiger partial charge is 0.179 e. The Bertz CT molecular complexity index is 1190. The summed E-state index contributed by atoms with van der Waals surface area (Å²) in [5, 5.41) is 0. The van der Waals surface area contributed by atoms with Crippen LogP contribution >= 0.6 is 0 Å². The van der Waals surface area contributed by atoms with Crippen LogP contribution in [0, 0.1) is 6.92 Å². The molecule has 0 fully saturated rings. The van der Waals surface area contributed by atoms with Gasteiger partial charge in [0.25, 0.3) is 0 Å². The van der Waals surface area contributed by atoms with Crippen LogP contribution in [-0.2, 0) is 13.0 Å². The molecule has 1 aliphatic heterocycles. The standard InChI is InChI=1S/C26H26N2O/c1-3-23(29)25-24(20-9-5-4-6-10-20)21-11-7-8-16-27-22(17-28(25)26(21)27)19-14-12-18(2)13-15-19/h4-6,9-10,12-15,17H,3,7-8,11,16H2,1-2H3. The van der Waals surface area contributed by atoms with E-state index in [0.717, 1.165) is 42.6 Å². The summed E-state index contributed by atoms with van der Waals surface area (Å²) in [6.45, 7) is 5.06. The molecule has 0 spiro atoms. The van der Waals surface area contributed by atoms with Crippen molar-refractivity contribution < 1.29 is 4.79 Å². The number of carbonyl (C=O) groups is 1. The lowest BCUT2D eigenvalue weighted by Gasteiger charge is -2.09. The van der Waals surface area contributed by atoms with Crippen LogP contribution in [0.2, 0.25) is 0 Å². The Morgan fingerprint density at radius 1 is 0.966 bits per heavy atom. The van der Waals surface area contributed by atoms with E-state index in [1.807, 2.05) is 13.0 Å². The third kappa shape index (κ3) is 2.84. The van der Waals surface area contributed by atoms with Crippen molar-refractivity contribution in [3.05, 3.63) is 77.6 Å². The molecule has 146 valence electrons. The lowest BCUT2D eigenvalue weighted by atomic mass is 9.96. The van der Waals surface area contributed by atoms with Crippen molar-refractivity contribution in [3.63, 3.8) is 0 Å². The molecule has 0 N–H and O–H groups in total. The van der Waals surface area contributed by atoms with Crippen molar-refractivity contribution >= 4 is 11.4 Å². The second kappa shape index (κ2) is 7.07. The van der Waals surface area contributed by atoms with Crippen LogP contribution in [0.5, 0.6) is 0 Å². The van der Waals surface area contributed by atoms with Gasteiger partial charge in [0, 0.05) is 30.3 Å². The van der Waals surface area contributed by atoms with Crippen molar-refractivity contribution in [2.45, 2.75) is 46.1 Å². The molecule has 5 rings (SSSR count). The summed E-state index contributed by atoms with van der Waals surface area (Å²) in [4.78, 5) is 13.1. The molecule has 2 aromatic carbocycles. The van der Waals surface area contributed by atoms with Gasteiger partial charge in [0.05, 0.1) is 11.4 Å². The van der Waals surface area contributed by atoms with Crippen molar-refractivity contribution in [2.75, 3.05) is 0 Å². The predicted molar refractivity (Wildman–Crippen MR) is 119 cm³/mol. The summed E-state index contributed by atoms with van der Waals surface area (Å²) in [5.74, 6) is 0.207. The molecule has 1 aliphatic rings. The Morgan fingerprint density at radius 3 is 2.45 bits per heavy atom. The molecule has 2 aromatic heterocycles. The number of Topliss-reactive ketones (excluding diaryl/α,β-unsaturated/α-hetero) is 1. The van der Waals surface area contributed by atoms with Gasteiger partial charge in [0.1, 0.15) is 5.65 Å². The molecule has 0 saturated heterocycles. The molecule has 0 amide bonds. The second-order valence-corrected chi connectivity index (χ2v) is 8.03. The fourth-order valence-corrected chi connectivity index (χ4v) is 4.70. The Labute approximate surface area is 171 Å². The zero-order chi connectivity index (χ0) is 20.0. The van der Waals surface area contributed by atoms with Crippen LogP contribution < -0.4 is 0 Å². The van der Waals surface area contributed by atoms with Crippen LogP contribution in [0.3, 0.4) is 0 Å². The van der Waals surface area contributed by atoms with E-state index in [0.29, 0.717) is 6.42 Å². The number of hydrogen-bond acceptors (Lipinski definition) is 1. The highest BCUT2D eigenvalue weighted by atomic mass is 16.1. The number of nitrogens with zero attached hydrogens (tertiary/aromatic N) is 2. The summed E-state index contributed by atoms with van der Waals surface area (Å²) in [5.41, 5.74) is 9.33. The molecule has 0 aliphatic carbocycles. The van der Waals surface area contributed by atoms with Gasteiger partial charge in [-0.1, -0.05) is 67.1 Å². The molecular weight excluding hydrogens is 356 g/mol. The van der Waals surface area contributed by atoms with Crippen molar-refractivity contribution in [2.24, 2.45) is 0 Å². The molecule has 0 radical (unpaired) electrons. The van der Waals surface area contributed by atoms with E-state index in [9.17, 15) is 4.79 Å². The summed E-state index contributed by atoms with van der Waals surface area (Å²) in [6.07, 6.45) is 6.01. The minimum Gasteiger partial charge on any atom is -0.325 e. The van der Waals surface area contributed by atoms with E-state index < -0.39 is 0 Å². The Kier molecular flexibility index (Phi) is 4.39. The Balaban J connectivity index is 1.86. The molecule has 3 heteroatoms. The van der Waals surface area contributed by atoms with Gasteiger partial charge in [-0.2, -0.15) is 0 Å². The van der Waals surface area contributed by atoms with E-state index in [4.69, 9.17) is 0 Å². The van der Waals surface area contributed by atoms with Crippen LogP contribution in [0.1, 0.15) is 47.8 Å². The number of ketones is 1. The number of hydrogen-bond donors (Lipinski definition) is 0. The second-order valence-electron chi connectivity index (χ2n) is 8.03. The fourth-order valence-electron chi connectivity index (χ4n) is 4.70. The van der Waals surface area contributed by atoms with E-state index in [2.05, 4.69) is 70.6 Å². The first-order valence-electron chi connectivity index (χ1n) is 10.6. The topological polar surface area (TPSA) is 26.4 Å². The summed E-state index contributed by atoms with van der Waals surface area (Å²) in [7, 11) is 0. The van der Waals surface area contributed by atoms with Gasteiger partial charge in [-0.15, -0.1) is 0 Å². The Hall–Kier alpha value is -3.07. The van der Waals surface area contributed by atoms with Crippen LogP contribution in [0.15, 0.2) is 60.8 Å². The normalized spacial score (nSPS) is 13.6.